The molecule has 3 aromatic rings. The van der Waals surface area contributed by atoms with Crippen molar-refractivity contribution < 1.29 is 9.84 Å². The van der Waals surface area contributed by atoms with Crippen LogP contribution in [-0.2, 0) is 6.61 Å². The smallest absolute Gasteiger partial charge is 0.131 e. The molecular formula is C14H11NO2S. The lowest BCUT2D eigenvalue weighted by atomic mass is 10.1. The topological polar surface area (TPSA) is 42.4 Å². The monoisotopic (exact) mass is 257 g/mol. The zero-order valence-corrected chi connectivity index (χ0v) is 10.4. The number of benzene rings is 2. The lowest BCUT2D eigenvalue weighted by Crippen LogP contribution is -1.95. The van der Waals surface area contributed by atoms with Gasteiger partial charge in [0.2, 0.25) is 0 Å². The Morgan fingerprint density at radius 1 is 1.11 bits per heavy atom. The predicted octanol–water partition coefficient (Wildman–Crippen LogP) is 3.58. The molecule has 0 amide bonds. The van der Waals surface area contributed by atoms with Crippen LogP contribution in [0.5, 0.6) is 11.5 Å². The quantitative estimate of drug-likeness (QED) is 0.779. The van der Waals surface area contributed by atoms with E-state index >= 15 is 0 Å². The Bertz CT molecular complexity index is 665. The first-order chi connectivity index (χ1) is 8.81. The Morgan fingerprint density at radius 2 is 2.00 bits per heavy atom. The van der Waals surface area contributed by atoms with Crippen LogP contribution < -0.4 is 4.74 Å². The number of rotatable bonds is 3. The second-order valence-corrected chi connectivity index (χ2v) is 4.68. The zero-order chi connectivity index (χ0) is 12.4. The number of thiazole rings is 1. The third-order valence-electron chi connectivity index (χ3n) is 2.67. The molecule has 18 heavy (non-hydrogen) atoms. The van der Waals surface area contributed by atoms with Crippen LogP contribution in [0.1, 0.15) is 5.69 Å². The summed E-state index contributed by atoms with van der Waals surface area (Å²) in [4.78, 5) is 4.16. The molecule has 3 rings (SSSR count). The van der Waals surface area contributed by atoms with E-state index in [9.17, 15) is 5.11 Å². The van der Waals surface area contributed by atoms with Crippen LogP contribution >= 0.6 is 11.3 Å². The first-order valence-electron chi connectivity index (χ1n) is 5.54. The van der Waals surface area contributed by atoms with E-state index < -0.39 is 0 Å². The molecule has 1 N–H and O–H groups in total. The third kappa shape index (κ3) is 2.28. The summed E-state index contributed by atoms with van der Waals surface area (Å²) >= 11 is 1.56. The molecule has 90 valence electrons. The van der Waals surface area contributed by atoms with Gasteiger partial charge in [-0.05, 0) is 35.0 Å². The molecule has 0 aliphatic rings. The van der Waals surface area contributed by atoms with Crippen molar-refractivity contribution in [2.45, 2.75) is 6.61 Å². The highest BCUT2D eigenvalue weighted by Crippen LogP contribution is 2.24. The number of phenols is 1. The van der Waals surface area contributed by atoms with E-state index in [1.165, 1.54) is 0 Å². The molecule has 1 heterocycles. The summed E-state index contributed by atoms with van der Waals surface area (Å²) < 4.78 is 5.66. The molecule has 0 fully saturated rings. The van der Waals surface area contributed by atoms with Gasteiger partial charge in [0.25, 0.3) is 0 Å². The van der Waals surface area contributed by atoms with Crippen LogP contribution in [0.4, 0.5) is 0 Å². The summed E-state index contributed by atoms with van der Waals surface area (Å²) in [7, 11) is 0. The fraction of sp³-hybridized carbons (Fsp3) is 0.0714. The number of hydrogen-bond donors (Lipinski definition) is 1. The Kier molecular flexibility index (Phi) is 2.86. The minimum Gasteiger partial charge on any atom is -0.508 e. The van der Waals surface area contributed by atoms with E-state index in [-0.39, 0.29) is 5.75 Å². The van der Waals surface area contributed by atoms with Crippen molar-refractivity contribution in [3.63, 3.8) is 0 Å². The van der Waals surface area contributed by atoms with Gasteiger partial charge in [0.1, 0.15) is 18.1 Å². The second kappa shape index (κ2) is 4.66. The molecule has 3 nitrogen and oxygen atoms in total. The molecule has 1 aromatic heterocycles. The standard InChI is InChI=1S/C14H11NO2S/c16-13-3-1-10-2-4-14(6-11(10)5-13)17-7-12-8-18-9-15-12/h1-6,8-9,16H,7H2. The normalized spacial score (nSPS) is 10.7. The summed E-state index contributed by atoms with van der Waals surface area (Å²) in [6, 6.07) is 11.1. The fourth-order valence-electron chi connectivity index (χ4n) is 1.77. The van der Waals surface area contributed by atoms with Gasteiger partial charge in [0.05, 0.1) is 11.2 Å². The van der Waals surface area contributed by atoms with Gasteiger partial charge < -0.3 is 9.84 Å². The highest BCUT2D eigenvalue weighted by molar-refractivity contribution is 7.07. The number of hydrogen-bond acceptors (Lipinski definition) is 4. The van der Waals surface area contributed by atoms with Gasteiger partial charge in [-0.15, -0.1) is 11.3 Å². The van der Waals surface area contributed by atoms with Crippen LogP contribution in [0.2, 0.25) is 0 Å². The first kappa shape index (κ1) is 11.0. The maximum atomic E-state index is 9.45. The van der Waals surface area contributed by atoms with Crippen molar-refractivity contribution in [2.24, 2.45) is 0 Å². The largest absolute Gasteiger partial charge is 0.508 e. The molecule has 0 saturated heterocycles. The van der Waals surface area contributed by atoms with Crippen LogP contribution in [0.25, 0.3) is 10.8 Å². The molecular weight excluding hydrogens is 246 g/mol. The Hall–Kier alpha value is -2.07. The van der Waals surface area contributed by atoms with Gasteiger partial charge in [0, 0.05) is 5.38 Å². The molecule has 2 aromatic carbocycles. The lowest BCUT2D eigenvalue weighted by molar-refractivity contribution is 0.302. The van der Waals surface area contributed by atoms with Gasteiger partial charge in [-0.25, -0.2) is 4.98 Å². The number of ether oxygens (including phenoxy) is 1. The average Bonchev–Trinajstić information content (AvgIpc) is 2.89. The van der Waals surface area contributed by atoms with Gasteiger partial charge >= 0.3 is 0 Å². The second-order valence-electron chi connectivity index (χ2n) is 3.96. The number of aromatic nitrogens is 1. The summed E-state index contributed by atoms with van der Waals surface area (Å²) in [6.07, 6.45) is 0. The van der Waals surface area contributed by atoms with Crippen molar-refractivity contribution >= 4 is 22.1 Å². The van der Waals surface area contributed by atoms with Gasteiger partial charge in [0.15, 0.2) is 0 Å². The zero-order valence-electron chi connectivity index (χ0n) is 9.54. The minimum absolute atomic E-state index is 0.263. The number of fused-ring (bicyclic) bond motifs is 1. The average molecular weight is 257 g/mol. The van der Waals surface area contributed by atoms with Gasteiger partial charge in [-0.2, -0.15) is 0 Å². The summed E-state index contributed by atoms with van der Waals surface area (Å²) in [5.74, 6) is 1.04. The first-order valence-corrected chi connectivity index (χ1v) is 6.48. The highest BCUT2D eigenvalue weighted by atomic mass is 32.1. The maximum Gasteiger partial charge on any atom is 0.131 e. The van der Waals surface area contributed by atoms with E-state index in [2.05, 4.69) is 4.98 Å². The van der Waals surface area contributed by atoms with Gasteiger partial charge in [-0.3, -0.25) is 0 Å². The van der Waals surface area contributed by atoms with Gasteiger partial charge in [-0.1, -0.05) is 12.1 Å². The van der Waals surface area contributed by atoms with Crippen LogP contribution in [0.15, 0.2) is 47.3 Å². The van der Waals surface area contributed by atoms with E-state index in [4.69, 9.17) is 4.74 Å². The number of phenolic OH excluding ortho intramolecular Hbond substituents is 1. The van der Waals surface area contributed by atoms with Crippen molar-refractivity contribution in [3.8, 4) is 11.5 Å². The van der Waals surface area contributed by atoms with Crippen molar-refractivity contribution in [1.29, 1.82) is 0 Å². The third-order valence-corrected chi connectivity index (χ3v) is 3.30. The van der Waals surface area contributed by atoms with E-state index in [1.54, 1.807) is 29.0 Å². The van der Waals surface area contributed by atoms with Crippen molar-refractivity contribution in [2.75, 3.05) is 0 Å². The summed E-state index contributed by atoms with van der Waals surface area (Å²) in [5.41, 5.74) is 2.72. The lowest BCUT2D eigenvalue weighted by Gasteiger charge is -2.06. The Morgan fingerprint density at radius 3 is 2.83 bits per heavy atom. The molecule has 0 aliphatic heterocycles. The molecule has 0 bridgehead atoms. The van der Waals surface area contributed by atoms with E-state index in [1.807, 2.05) is 29.6 Å². The minimum atomic E-state index is 0.263. The molecule has 0 atom stereocenters. The Labute approximate surface area is 108 Å². The predicted molar refractivity (Wildman–Crippen MR) is 72.1 cm³/mol. The maximum absolute atomic E-state index is 9.45. The molecule has 0 aliphatic carbocycles. The van der Waals surface area contributed by atoms with Crippen molar-refractivity contribution in [3.05, 3.63) is 53.0 Å². The number of aromatic hydroxyl groups is 1. The molecule has 0 unspecified atom stereocenters. The van der Waals surface area contributed by atoms with Crippen molar-refractivity contribution in [1.82, 2.24) is 4.98 Å². The van der Waals surface area contributed by atoms with Crippen LogP contribution in [0, 0.1) is 0 Å². The molecule has 0 saturated carbocycles. The van der Waals surface area contributed by atoms with E-state index in [0.717, 1.165) is 22.2 Å². The van der Waals surface area contributed by atoms with E-state index in [0.29, 0.717) is 6.61 Å². The number of nitrogens with zero attached hydrogens (tertiary/aromatic N) is 1. The molecule has 0 radical (unpaired) electrons. The van der Waals surface area contributed by atoms with Crippen LogP contribution in [-0.4, -0.2) is 10.1 Å². The Balaban J connectivity index is 1.84. The highest BCUT2D eigenvalue weighted by Gasteiger charge is 2.00. The molecule has 0 spiro atoms. The fourth-order valence-corrected chi connectivity index (χ4v) is 2.31. The van der Waals surface area contributed by atoms with Crippen LogP contribution in [0.3, 0.4) is 0 Å². The SMILES string of the molecule is Oc1ccc2ccc(OCc3cscn3)cc2c1. The summed E-state index contributed by atoms with van der Waals surface area (Å²) in [5, 5.41) is 13.5. The summed E-state index contributed by atoms with van der Waals surface area (Å²) in [6.45, 7) is 0.466. The molecule has 4 heteroatoms.